The molecule has 2 rings (SSSR count). The van der Waals surface area contributed by atoms with Crippen LogP contribution in [0.3, 0.4) is 0 Å². The molecule has 0 unspecified atom stereocenters. The van der Waals surface area contributed by atoms with E-state index in [-0.39, 0.29) is 0 Å². The Bertz CT molecular complexity index is 470. The molecule has 0 aliphatic carbocycles. The highest BCUT2D eigenvalue weighted by Crippen LogP contribution is 2.17. The van der Waals surface area contributed by atoms with E-state index in [1.165, 1.54) is 5.56 Å². The summed E-state index contributed by atoms with van der Waals surface area (Å²) >= 11 is 0. The third-order valence-electron chi connectivity index (χ3n) is 2.70. The van der Waals surface area contributed by atoms with Crippen molar-refractivity contribution in [1.29, 1.82) is 0 Å². The van der Waals surface area contributed by atoms with Crippen LogP contribution in [0.15, 0.2) is 30.5 Å². The molecule has 4 heteroatoms. The Hall–Kier alpha value is -1.84. The van der Waals surface area contributed by atoms with Crippen LogP contribution in [0.4, 0.5) is 5.69 Å². The van der Waals surface area contributed by atoms with Crippen LogP contribution in [0.25, 0.3) is 0 Å². The molecule has 4 nitrogen and oxygen atoms in total. The lowest BCUT2D eigenvalue weighted by atomic mass is 10.0. The summed E-state index contributed by atoms with van der Waals surface area (Å²) in [5.41, 5.74) is 3.41. The molecular weight excluding hydrogens is 212 g/mol. The highest BCUT2D eigenvalue weighted by atomic mass is 15.4. The maximum atomic E-state index is 4.03. The maximum Gasteiger partial charge on any atom is 0.102 e. The van der Waals surface area contributed by atoms with Gasteiger partial charge in [-0.2, -0.15) is 0 Å². The van der Waals surface area contributed by atoms with E-state index in [2.05, 4.69) is 53.7 Å². The molecule has 2 aromatic rings. The second-order valence-corrected chi connectivity index (χ2v) is 4.51. The molecule has 0 saturated heterocycles. The molecule has 0 aliphatic heterocycles. The van der Waals surface area contributed by atoms with Gasteiger partial charge in [0, 0.05) is 18.9 Å². The number of hydrogen-bond donors (Lipinski definition) is 1. The van der Waals surface area contributed by atoms with E-state index in [1.54, 1.807) is 4.68 Å². The third kappa shape index (κ3) is 3.06. The Kier molecular flexibility index (Phi) is 3.42. The zero-order valence-corrected chi connectivity index (χ0v) is 10.5. The summed E-state index contributed by atoms with van der Waals surface area (Å²) in [4.78, 5) is 0. The SMILES string of the molecule is CC(C)c1ccc(NCc2cn(C)nn2)cc1. The molecule has 1 aromatic carbocycles. The first kappa shape index (κ1) is 11.6. The fourth-order valence-corrected chi connectivity index (χ4v) is 1.65. The third-order valence-corrected chi connectivity index (χ3v) is 2.70. The zero-order chi connectivity index (χ0) is 12.3. The first-order chi connectivity index (χ1) is 8.15. The predicted octanol–water partition coefficient (Wildman–Crippen LogP) is 2.55. The molecule has 90 valence electrons. The van der Waals surface area contributed by atoms with E-state index in [0.29, 0.717) is 12.5 Å². The maximum absolute atomic E-state index is 4.03. The lowest BCUT2D eigenvalue weighted by Crippen LogP contribution is -2.00. The van der Waals surface area contributed by atoms with Gasteiger partial charge in [-0.25, -0.2) is 0 Å². The van der Waals surface area contributed by atoms with Crippen LogP contribution >= 0.6 is 0 Å². The van der Waals surface area contributed by atoms with E-state index < -0.39 is 0 Å². The first-order valence-corrected chi connectivity index (χ1v) is 5.84. The van der Waals surface area contributed by atoms with E-state index >= 15 is 0 Å². The van der Waals surface area contributed by atoms with Crippen LogP contribution in [-0.2, 0) is 13.6 Å². The van der Waals surface area contributed by atoms with Gasteiger partial charge in [0.1, 0.15) is 5.69 Å². The number of anilines is 1. The Balaban J connectivity index is 1.95. The Morgan fingerprint density at radius 3 is 2.47 bits per heavy atom. The van der Waals surface area contributed by atoms with E-state index in [9.17, 15) is 0 Å². The van der Waals surface area contributed by atoms with Crippen LogP contribution in [0.1, 0.15) is 31.0 Å². The normalized spacial score (nSPS) is 10.8. The number of benzene rings is 1. The molecule has 0 amide bonds. The summed E-state index contributed by atoms with van der Waals surface area (Å²) in [6.45, 7) is 5.10. The lowest BCUT2D eigenvalue weighted by Gasteiger charge is -2.08. The minimum absolute atomic E-state index is 0.573. The predicted molar refractivity (Wildman–Crippen MR) is 68.9 cm³/mol. The van der Waals surface area contributed by atoms with Crippen LogP contribution in [0.2, 0.25) is 0 Å². The second-order valence-electron chi connectivity index (χ2n) is 4.51. The number of hydrogen-bond acceptors (Lipinski definition) is 3. The largest absolute Gasteiger partial charge is 0.379 e. The summed E-state index contributed by atoms with van der Waals surface area (Å²) in [6.07, 6.45) is 1.91. The number of rotatable bonds is 4. The Morgan fingerprint density at radius 2 is 1.94 bits per heavy atom. The summed E-state index contributed by atoms with van der Waals surface area (Å²) in [6, 6.07) is 8.52. The fourth-order valence-electron chi connectivity index (χ4n) is 1.65. The molecule has 0 radical (unpaired) electrons. The van der Waals surface area contributed by atoms with Gasteiger partial charge >= 0.3 is 0 Å². The van der Waals surface area contributed by atoms with Crippen molar-refractivity contribution in [3.05, 3.63) is 41.7 Å². The summed E-state index contributed by atoms with van der Waals surface area (Å²) in [5, 5.41) is 11.2. The van der Waals surface area contributed by atoms with Crippen molar-refractivity contribution in [2.45, 2.75) is 26.3 Å². The van der Waals surface area contributed by atoms with E-state index in [0.717, 1.165) is 11.4 Å². The fraction of sp³-hybridized carbons (Fsp3) is 0.385. The van der Waals surface area contributed by atoms with Crippen LogP contribution in [0, 0.1) is 0 Å². The monoisotopic (exact) mass is 230 g/mol. The molecule has 1 aromatic heterocycles. The minimum atomic E-state index is 0.573. The van der Waals surface area contributed by atoms with Crippen molar-refractivity contribution in [1.82, 2.24) is 15.0 Å². The molecule has 0 aliphatic rings. The van der Waals surface area contributed by atoms with Gasteiger partial charge in [0.25, 0.3) is 0 Å². The van der Waals surface area contributed by atoms with Crippen molar-refractivity contribution in [2.75, 3.05) is 5.32 Å². The van der Waals surface area contributed by atoms with E-state index in [1.807, 2.05) is 13.2 Å². The quantitative estimate of drug-likeness (QED) is 0.877. The number of aryl methyl sites for hydroxylation is 1. The summed E-state index contributed by atoms with van der Waals surface area (Å²) < 4.78 is 1.71. The Morgan fingerprint density at radius 1 is 1.24 bits per heavy atom. The van der Waals surface area contributed by atoms with Crippen molar-refractivity contribution < 1.29 is 0 Å². The molecule has 17 heavy (non-hydrogen) atoms. The van der Waals surface area contributed by atoms with Crippen molar-refractivity contribution in [3.8, 4) is 0 Å². The van der Waals surface area contributed by atoms with Gasteiger partial charge in [-0.3, -0.25) is 4.68 Å². The Labute approximate surface area is 102 Å². The molecule has 1 N–H and O–H groups in total. The molecule has 0 spiro atoms. The van der Waals surface area contributed by atoms with Gasteiger partial charge < -0.3 is 5.32 Å². The number of nitrogens with zero attached hydrogens (tertiary/aromatic N) is 3. The average molecular weight is 230 g/mol. The second kappa shape index (κ2) is 4.99. The highest BCUT2D eigenvalue weighted by Gasteiger charge is 2.00. The molecule has 0 saturated carbocycles. The van der Waals surface area contributed by atoms with Crippen LogP contribution < -0.4 is 5.32 Å². The highest BCUT2D eigenvalue weighted by molar-refractivity contribution is 5.45. The minimum Gasteiger partial charge on any atom is -0.379 e. The van der Waals surface area contributed by atoms with Crippen molar-refractivity contribution in [2.24, 2.45) is 7.05 Å². The average Bonchev–Trinajstić information content (AvgIpc) is 2.73. The summed E-state index contributed by atoms with van der Waals surface area (Å²) in [5.74, 6) is 0.573. The van der Waals surface area contributed by atoms with Crippen molar-refractivity contribution >= 4 is 5.69 Å². The first-order valence-electron chi connectivity index (χ1n) is 5.84. The smallest absolute Gasteiger partial charge is 0.102 e. The van der Waals surface area contributed by atoms with Gasteiger partial charge in [-0.05, 0) is 23.6 Å². The summed E-state index contributed by atoms with van der Waals surface area (Å²) in [7, 11) is 1.87. The molecule has 0 atom stereocenters. The number of aromatic nitrogens is 3. The van der Waals surface area contributed by atoms with Gasteiger partial charge in [0.05, 0.1) is 6.54 Å². The molecule has 0 bridgehead atoms. The number of nitrogens with one attached hydrogen (secondary N) is 1. The molecule has 0 fully saturated rings. The topological polar surface area (TPSA) is 42.7 Å². The van der Waals surface area contributed by atoms with E-state index in [4.69, 9.17) is 0 Å². The van der Waals surface area contributed by atoms with Gasteiger partial charge in [0.2, 0.25) is 0 Å². The van der Waals surface area contributed by atoms with Gasteiger partial charge in [-0.15, -0.1) is 5.10 Å². The zero-order valence-electron chi connectivity index (χ0n) is 10.5. The van der Waals surface area contributed by atoms with Gasteiger partial charge in [-0.1, -0.05) is 31.2 Å². The lowest BCUT2D eigenvalue weighted by molar-refractivity contribution is 0.713. The van der Waals surface area contributed by atoms with Gasteiger partial charge in [0.15, 0.2) is 0 Å². The van der Waals surface area contributed by atoms with Crippen LogP contribution in [0.5, 0.6) is 0 Å². The van der Waals surface area contributed by atoms with Crippen molar-refractivity contribution in [3.63, 3.8) is 0 Å². The molecular formula is C13H18N4. The molecule has 1 heterocycles. The standard InChI is InChI=1S/C13H18N4/c1-10(2)11-4-6-12(7-5-11)14-8-13-9-17(3)16-15-13/h4-7,9-10,14H,8H2,1-3H3. The van der Waals surface area contributed by atoms with Crippen LogP contribution in [-0.4, -0.2) is 15.0 Å².